The van der Waals surface area contributed by atoms with Crippen LogP contribution in [0.1, 0.15) is 16.7 Å². The van der Waals surface area contributed by atoms with Crippen LogP contribution in [0.15, 0.2) is 77.4 Å². The number of nitrogens with zero attached hydrogens (tertiary/aromatic N) is 1. The number of hydrogen-bond donors (Lipinski definition) is 0. The average Bonchev–Trinajstić information content (AvgIpc) is 3.32. The molecule has 0 atom stereocenters. The molecule has 0 spiro atoms. The van der Waals surface area contributed by atoms with Gasteiger partial charge in [0.15, 0.2) is 17.2 Å². The quantitative estimate of drug-likeness (QED) is 0.364. The van der Waals surface area contributed by atoms with Gasteiger partial charge in [0.05, 0.1) is 28.4 Å². The van der Waals surface area contributed by atoms with E-state index in [0.29, 0.717) is 56.8 Å². The summed E-state index contributed by atoms with van der Waals surface area (Å²) in [5.41, 5.74) is 2.71. The predicted molar refractivity (Wildman–Crippen MR) is 134 cm³/mol. The first kappa shape index (κ1) is 23.0. The lowest BCUT2D eigenvalue weighted by molar-refractivity contribution is -0.129. The lowest BCUT2D eigenvalue weighted by Gasteiger charge is -2.22. The Morgan fingerprint density at radius 2 is 1.47 bits per heavy atom. The van der Waals surface area contributed by atoms with Gasteiger partial charge in [0, 0.05) is 22.3 Å². The van der Waals surface area contributed by atoms with Crippen molar-refractivity contribution >= 4 is 23.2 Å². The Morgan fingerprint density at radius 1 is 0.750 bits per heavy atom. The smallest absolute Gasteiger partial charge is 0.364 e. The summed E-state index contributed by atoms with van der Waals surface area (Å²) in [6.07, 6.45) is 1.75. The lowest BCUT2D eigenvalue weighted by atomic mass is 9.97. The van der Waals surface area contributed by atoms with E-state index in [4.69, 9.17) is 28.4 Å². The molecule has 36 heavy (non-hydrogen) atoms. The molecule has 2 heterocycles. The zero-order valence-electron chi connectivity index (χ0n) is 20.2. The Balaban J connectivity index is 1.71. The average molecular weight is 485 g/mol. The molecular weight excluding hydrogens is 462 g/mol. The van der Waals surface area contributed by atoms with Crippen LogP contribution in [0, 0.1) is 0 Å². The molecule has 0 bridgehead atoms. The van der Waals surface area contributed by atoms with Gasteiger partial charge in [0.2, 0.25) is 11.6 Å². The maximum absolute atomic E-state index is 13.0. The van der Waals surface area contributed by atoms with Crippen molar-refractivity contribution in [1.29, 1.82) is 0 Å². The highest BCUT2D eigenvalue weighted by Crippen LogP contribution is 2.45. The maximum atomic E-state index is 13.0. The van der Waals surface area contributed by atoms with Crippen LogP contribution in [0.3, 0.4) is 0 Å². The van der Waals surface area contributed by atoms with Crippen LogP contribution < -0.4 is 23.7 Å². The molecular formula is C28H23NO7. The molecule has 2 aliphatic heterocycles. The van der Waals surface area contributed by atoms with Gasteiger partial charge in [0.25, 0.3) is 0 Å². The molecule has 3 aromatic rings. The number of benzene rings is 3. The highest BCUT2D eigenvalue weighted by molar-refractivity contribution is 6.15. The first-order valence-corrected chi connectivity index (χ1v) is 11.0. The van der Waals surface area contributed by atoms with Gasteiger partial charge in [-0.1, -0.05) is 18.2 Å². The molecule has 8 heteroatoms. The van der Waals surface area contributed by atoms with Crippen molar-refractivity contribution < 1.29 is 33.2 Å². The number of allylic oxidation sites excluding steroid dienone is 2. The van der Waals surface area contributed by atoms with Crippen LogP contribution in [0.25, 0.3) is 11.3 Å². The Labute approximate surface area is 208 Å². The molecule has 0 aromatic heterocycles. The SMILES string of the molecule is COc1ccc2c(c1)/C(=C1\N=C(c3ccccc3)OC1=O)C=C(c1cc(OC)c(OC)c(OC)c1)O2. The first-order chi connectivity index (χ1) is 17.6. The van der Waals surface area contributed by atoms with Crippen LogP contribution in [0.4, 0.5) is 0 Å². The maximum Gasteiger partial charge on any atom is 0.364 e. The van der Waals surface area contributed by atoms with Crippen LogP contribution in [0.2, 0.25) is 0 Å². The largest absolute Gasteiger partial charge is 0.497 e. The van der Waals surface area contributed by atoms with Crippen molar-refractivity contribution in [3.8, 4) is 28.7 Å². The topological polar surface area (TPSA) is 84.8 Å². The molecule has 0 unspecified atom stereocenters. The third-order valence-electron chi connectivity index (χ3n) is 5.79. The Bertz CT molecular complexity index is 1410. The Kier molecular flexibility index (Phi) is 6.08. The molecule has 0 N–H and O–H groups in total. The molecule has 182 valence electrons. The number of aliphatic imine (C=N–C) groups is 1. The summed E-state index contributed by atoms with van der Waals surface area (Å²) in [7, 11) is 6.20. The number of ether oxygens (including phenoxy) is 6. The molecule has 0 saturated carbocycles. The number of carbonyl (C=O) groups excluding carboxylic acids is 1. The van der Waals surface area contributed by atoms with Gasteiger partial charge >= 0.3 is 5.97 Å². The van der Waals surface area contributed by atoms with E-state index in [2.05, 4.69) is 4.99 Å². The first-order valence-electron chi connectivity index (χ1n) is 11.0. The number of rotatable bonds is 6. The summed E-state index contributed by atoms with van der Waals surface area (Å²) in [5, 5.41) is 0. The third kappa shape index (κ3) is 4.02. The summed E-state index contributed by atoms with van der Waals surface area (Å²) in [6, 6.07) is 18.2. The van der Waals surface area contributed by atoms with E-state index in [1.54, 1.807) is 57.7 Å². The standard InChI is InChI=1S/C28H23NO7/c1-31-18-10-11-21-19(14-18)20(25-28(30)36-27(29-25)16-8-6-5-7-9-16)15-22(35-21)17-12-23(32-2)26(34-4)24(13-17)33-3/h5-15H,1-4H3/b25-20-. The molecule has 0 amide bonds. The van der Waals surface area contributed by atoms with Gasteiger partial charge < -0.3 is 28.4 Å². The summed E-state index contributed by atoms with van der Waals surface area (Å²) in [6.45, 7) is 0. The van der Waals surface area contributed by atoms with E-state index in [0.717, 1.165) is 0 Å². The van der Waals surface area contributed by atoms with Gasteiger partial charge in [-0.2, -0.15) is 0 Å². The minimum absolute atomic E-state index is 0.164. The van der Waals surface area contributed by atoms with Crippen molar-refractivity contribution in [2.75, 3.05) is 28.4 Å². The minimum atomic E-state index is -0.556. The minimum Gasteiger partial charge on any atom is -0.497 e. The molecule has 0 radical (unpaired) electrons. The third-order valence-corrected chi connectivity index (χ3v) is 5.79. The number of methoxy groups -OCH3 is 4. The second kappa shape index (κ2) is 9.50. The fourth-order valence-corrected chi connectivity index (χ4v) is 4.03. The highest BCUT2D eigenvalue weighted by Gasteiger charge is 2.31. The Morgan fingerprint density at radius 3 is 2.11 bits per heavy atom. The van der Waals surface area contributed by atoms with Crippen molar-refractivity contribution in [2.24, 2.45) is 4.99 Å². The zero-order valence-corrected chi connectivity index (χ0v) is 20.2. The number of hydrogen-bond acceptors (Lipinski definition) is 8. The van der Waals surface area contributed by atoms with Crippen molar-refractivity contribution in [1.82, 2.24) is 0 Å². The van der Waals surface area contributed by atoms with Crippen molar-refractivity contribution in [2.45, 2.75) is 0 Å². The number of fused-ring (bicyclic) bond motifs is 1. The van der Waals surface area contributed by atoms with Crippen LogP contribution in [0.5, 0.6) is 28.7 Å². The predicted octanol–water partition coefficient (Wildman–Crippen LogP) is 4.87. The molecule has 8 nitrogen and oxygen atoms in total. The van der Waals surface area contributed by atoms with E-state index in [-0.39, 0.29) is 11.6 Å². The van der Waals surface area contributed by atoms with Gasteiger partial charge in [0.1, 0.15) is 17.3 Å². The van der Waals surface area contributed by atoms with Crippen LogP contribution in [-0.2, 0) is 9.53 Å². The van der Waals surface area contributed by atoms with Crippen molar-refractivity contribution in [3.05, 3.63) is 89.1 Å². The highest BCUT2D eigenvalue weighted by atomic mass is 16.6. The summed E-state index contributed by atoms with van der Waals surface area (Å²) in [5.74, 6) is 2.68. The molecule has 0 saturated heterocycles. The van der Waals surface area contributed by atoms with Crippen LogP contribution >= 0.6 is 0 Å². The summed E-state index contributed by atoms with van der Waals surface area (Å²) < 4.78 is 33.6. The van der Waals surface area contributed by atoms with E-state index in [9.17, 15) is 4.79 Å². The molecule has 2 aliphatic rings. The molecule has 3 aromatic carbocycles. The fourth-order valence-electron chi connectivity index (χ4n) is 4.03. The zero-order chi connectivity index (χ0) is 25.2. The van der Waals surface area contributed by atoms with Crippen LogP contribution in [-0.4, -0.2) is 40.3 Å². The van der Waals surface area contributed by atoms with Gasteiger partial charge in [-0.15, -0.1) is 0 Å². The molecule has 0 fully saturated rings. The van der Waals surface area contributed by atoms with Gasteiger partial charge in [-0.25, -0.2) is 9.79 Å². The van der Waals surface area contributed by atoms with E-state index < -0.39 is 5.97 Å². The number of esters is 1. The van der Waals surface area contributed by atoms with Gasteiger partial charge in [-0.05, 0) is 48.5 Å². The monoisotopic (exact) mass is 485 g/mol. The number of cyclic esters (lactones) is 1. The Hall–Kier alpha value is -4.72. The molecule has 0 aliphatic carbocycles. The normalized spacial score (nSPS) is 16.3. The van der Waals surface area contributed by atoms with E-state index >= 15 is 0 Å². The number of carbonyl (C=O) groups is 1. The lowest BCUT2D eigenvalue weighted by Crippen LogP contribution is -2.09. The second-order valence-electron chi connectivity index (χ2n) is 7.82. The van der Waals surface area contributed by atoms with Crippen molar-refractivity contribution in [3.63, 3.8) is 0 Å². The molecule has 5 rings (SSSR count). The van der Waals surface area contributed by atoms with E-state index in [1.165, 1.54) is 7.11 Å². The second-order valence-corrected chi connectivity index (χ2v) is 7.82. The fraction of sp³-hybridized carbons (Fsp3) is 0.143. The summed E-state index contributed by atoms with van der Waals surface area (Å²) in [4.78, 5) is 17.6. The summed E-state index contributed by atoms with van der Waals surface area (Å²) >= 11 is 0. The van der Waals surface area contributed by atoms with E-state index in [1.807, 2.05) is 30.3 Å². The van der Waals surface area contributed by atoms with Gasteiger partial charge in [-0.3, -0.25) is 0 Å².